The van der Waals surface area contributed by atoms with Crippen molar-refractivity contribution < 1.29 is 18.4 Å². The lowest BCUT2D eigenvalue weighted by atomic mass is 9.84. The van der Waals surface area contributed by atoms with Gasteiger partial charge in [-0.3, -0.25) is 9.69 Å². The van der Waals surface area contributed by atoms with E-state index in [2.05, 4.69) is 11.9 Å². The Labute approximate surface area is 153 Å². The van der Waals surface area contributed by atoms with Gasteiger partial charge in [0.15, 0.2) is 5.76 Å². The first-order valence-corrected chi connectivity index (χ1v) is 9.32. The van der Waals surface area contributed by atoms with Crippen LogP contribution in [0, 0.1) is 12.8 Å². The molecule has 0 aliphatic carbocycles. The summed E-state index contributed by atoms with van der Waals surface area (Å²) in [5, 5.41) is 0. The Balaban J connectivity index is 1.53. The molecule has 6 nitrogen and oxygen atoms in total. The van der Waals surface area contributed by atoms with Gasteiger partial charge in [0, 0.05) is 25.6 Å². The fourth-order valence-electron chi connectivity index (χ4n) is 4.20. The van der Waals surface area contributed by atoms with Crippen molar-refractivity contribution in [1.29, 1.82) is 0 Å². The van der Waals surface area contributed by atoms with Crippen LogP contribution in [0.3, 0.4) is 0 Å². The van der Waals surface area contributed by atoms with E-state index in [1.54, 1.807) is 12.3 Å². The van der Waals surface area contributed by atoms with E-state index in [9.17, 15) is 4.79 Å². The number of amides is 1. The highest BCUT2D eigenvalue weighted by molar-refractivity contribution is 5.91. The standard InChI is InChI=1S/C20H26N2O4/c1-14-7-8-18(26-14)20(23)22-11-15-5-3-10-25-19(15)17(13-22)21(2)12-16-6-4-9-24-16/h4,6-9,15,17,19H,3,5,10-13H2,1-2H3/t15-,17+,19-/m0/s1. The maximum absolute atomic E-state index is 12.9. The van der Waals surface area contributed by atoms with E-state index in [1.165, 1.54) is 0 Å². The van der Waals surface area contributed by atoms with E-state index in [4.69, 9.17) is 13.6 Å². The molecule has 2 aliphatic rings. The molecule has 140 valence electrons. The van der Waals surface area contributed by atoms with Gasteiger partial charge < -0.3 is 18.5 Å². The fraction of sp³-hybridized carbons (Fsp3) is 0.550. The number of hydrogen-bond donors (Lipinski definition) is 0. The molecule has 1 amide bonds. The van der Waals surface area contributed by atoms with Gasteiger partial charge in [0.25, 0.3) is 5.91 Å². The highest BCUT2D eigenvalue weighted by Gasteiger charge is 2.43. The van der Waals surface area contributed by atoms with Crippen LogP contribution in [0.15, 0.2) is 39.4 Å². The lowest BCUT2D eigenvalue weighted by molar-refractivity contribution is -0.106. The Hall–Kier alpha value is -2.05. The molecular formula is C20H26N2O4. The summed E-state index contributed by atoms with van der Waals surface area (Å²) in [5.41, 5.74) is 0. The Morgan fingerprint density at radius 2 is 2.19 bits per heavy atom. The van der Waals surface area contributed by atoms with Crippen LogP contribution in [-0.2, 0) is 11.3 Å². The summed E-state index contributed by atoms with van der Waals surface area (Å²) in [5.74, 6) is 2.44. The molecule has 0 radical (unpaired) electrons. The predicted molar refractivity (Wildman–Crippen MR) is 95.8 cm³/mol. The van der Waals surface area contributed by atoms with E-state index in [0.29, 0.717) is 24.8 Å². The van der Waals surface area contributed by atoms with Crippen LogP contribution in [0.4, 0.5) is 0 Å². The second-order valence-electron chi connectivity index (χ2n) is 7.42. The van der Waals surface area contributed by atoms with Crippen LogP contribution in [0.2, 0.25) is 0 Å². The second-order valence-corrected chi connectivity index (χ2v) is 7.42. The predicted octanol–water partition coefficient (Wildman–Crippen LogP) is 2.93. The van der Waals surface area contributed by atoms with Gasteiger partial charge in [0.2, 0.25) is 0 Å². The first-order chi connectivity index (χ1) is 12.6. The number of carbonyl (C=O) groups is 1. The number of piperidine rings is 1. The molecule has 6 heteroatoms. The summed E-state index contributed by atoms with van der Waals surface area (Å²) >= 11 is 0. The molecule has 4 heterocycles. The highest BCUT2D eigenvalue weighted by atomic mass is 16.5. The van der Waals surface area contributed by atoms with Gasteiger partial charge in [-0.15, -0.1) is 0 Å². The summed E-state index contributed by atoms with van der Waals surface area (Å²) in [7, 11) is 2.08. The Morgan fingerprint density at radius 3 is 2.92 bits per heavy atom. The molecule has 26 heavy (non-hydrogen) atoms. The lowest BCUT2D eigenvalue weighted by Gasteiger charge is -2.48. The van der Waals surface area contributed by atoms with Crippen molar-refractivity contribution in [2.24, 2.45) is 5.92 Å². The quantitative estimate of drug-likeness (QED) is 0.841. The molecule has 2 aromatic heterocycles. The molecule has 2 aliphatic heterocycles. The van der Waals surface area contributed by atoms with Crippen molar-refractivity contribution in [3.05, 3.63) is 47.8 Å². The molecule has 2 fully saturated rings. The van der Waals surface area contributed by atoms with E-state index in [0.717, 1.165) is 37.5 Å². The minimum Gasteiger partial charge on any atom is -0.468 e. The van der Waals surface area contributed by atoms with Crippen molar-refractivity contribution in [3.63, 3.8) is 0 Å². The number of furan rings is 2. The second kappa shape index (κ2) is 7.29. The number of nitrogens with zero attached hydrogens (tertiary/aromatic N) is 2. The van der Waals surface area contributed by atoms with E-state index < -0.39 is 0 Å². The molecule has 0 N–H and O–H groups in total. The molecule has 2 aromatic rings. The van der Waals surface area contributed by atoms with Gasteiger partial charge in [-0.2, -0.15) is 0 Å². The molecule has 2 saturated heterocycles. The molecule has 4 rings (SSSR count). The van der Waals surface area contributed by atoms with Gasteiger partial charge >= 0.3 is 0 Å². The zero-order valence-electron chi connectivity index (χ0n) is 15.4. The maximum atomic E-state index is 12.9. The Morgan fingerprint density at radius 1 is 1.31 bits per heavy atom. The average Bonchev–Trinajstić information content (AvgIpc) is 3.31. The smallest absolute Gasteiger partial charge is 0.289 e. The van der Waals surface area contributed by atoms with Crippen LogP contribution in [0.25, 0.3) is 0 Å². The van der Waals surface area contributed by atoms with Crippen LogP contribution < -0.4 is 0 Å². The zero-order valence-corrected chi connectivity index (χ0v) is 15.4. The molecule has 0 bridgehead atoms. The first-order valence-electron chi connectivity index (χ1n) is 9.32. The topological polar surface area (TPSA) is 59.1 Å². The summed E-state index contributed by atoms with van der Waals surface area (Å²) in [6, 6.07) is 7.62. The molecular weight excluding hydrogens is 332 g/mol. The Kier molecular flexibility index (Phi) is 4.87. The third kappa shape index (κ3) is 3.44. The number of likely N-dealkylation sites (tertiary alicyclic amines) is 1. The van der Waals surface area contributed by atoms with Crippen LogP contribution in [0.1, 0.15) is 34.9 Å². The van der Waals surface area contributed by atoms with Gasteiger partial charge in [0.05, 0.1) is 25.0 Å². The minimum atomic E-state index is -0.0291. The van der Waals surface area contributed by atoms with Gasteiger partial charge in [-0.25, -0.2) is 0 Å². The van der Waals surface area contributed by atoms with Crippen molar-refractivity contribution in [3.8, 4) is 0 Å². The molecule has 0 aromatic carbocycles. The fourth-order valence-corrected chi connectivity index (χ4v) is 4.20. The van der Waals surface area contributed by atoms with Gasteiger partial charge in [-0.1, -0.05) is 0 Å². The number of likely N-dealkylation sites (N-methyl/N-ethyl adjacent to an activating group) is 1. The van der Waals surface area contributed by atoms with Crippen molar-refractivity contribution in [1.82, 2.24) is 9.80 Å². The first kappa shape index (κ1) is 17.4. The number of ether oxygens (including phenoxy) is 1. The summed E-state index contributed by atoms with van der Waals surface area (Å²) in [6.07, 6.45) is 4.00. The number of fused-ring (bicyclic) bond motifs is 1. The SMILES string of the molecule is Cc1ccc(C(=O)N2C[C@@H]3CCCO[C@@H]3[C@H](N(C)Cc3ccco3)C2)o1. The van der Waals surface area contributed by atoms with Crippen molar-refractivity contribution >= 4 is 5.91 Å². The van der Waals surface area contributed by atoms with E-state index in [1.807, 2.05) is 30.0 Å². The summed E-state index contributed by atoms with van der Waals surface area (Å²) in [4.78, 5) is 17.1. The van der Waals surface area contributed by atoms with Crippen LogP contribution in [0.5, 0.6) is 0 Å². The summed E-state index contributed by atoms with van der Waals surface area (Å²) in [6.45, 7) is 4.73. The average molecular weight is 358 g/mol. The summed E-state index contributed by atoms with van der Waals surface area (Å²) < 4.78 is 17.2. The molecule has 0 unspecified atom stereocenters. The normalized spacial score (nSPS) is 26.1. The zero-order chi connectivity index (χ0) is 18.1. The molecule has 0 spiro atoms. The van der Waals surface area contributed by atoms with Crippen LogP contribution >= 0.6 is 0 Å². The van der Waals surface area contributed by atoms with Crippen molar-refractivity contribution in [2.75, 3.05) is 26.7 Å². The third-order valence-electron chi connectivity index (χ3n) is 5.53. The number of aryl methyl sites for hydroxylation is 1. The van der Waals surface area contributed by atoms with Gasteiger partial charge in [-0.05, 0) is 51.1 Å². The highest BCUT2D eigenvalue weighted by Crippen LogP contribution is 2.32. The molecule has 0 saturated carbocycles. The molecule has 3 atom stereocenters. The number of hydrogen-bond acceptors (Lipinski definition) is 5. The van der Waals surface area contributed by atoms with E-state index in [-0.39, 0.29) is 18.1 Å². The Bertz CT molecular complexity index is 739. The monoisotopic (exact) mass is 358 g/mol. The minimum absolute atomic E-state index is 0.0291. The van der Waals surface area contributed by atoms with Crippen molar-refractivity contribution in [2.45, 2.75) is 38.5 Å². The van der Waals surface area contributed by atoms with E-state index >= 15 is 0 Å². The largest absolute Gasteiger partial charge is 0.468 e. The third-order valence-corrected chi connectivity index (χ3v) is 5.53. The number of carbonyl (C=O) groups excluding carboxylic acids is 1. The van der Waals surface area contributed by atoms with Crippen LogP contribution in [-0.4, -0.2) is 54.6 Å². The number of rotatable bonds is 4. The maximum Gasteiger partial charge on any atom is 0.289 e. The lowest BCUT2D eigenvalue weighted by Crippen LogP contribution is -2.61. The van der Waals surface area contributed by atoms with Gasteiger partial charge in [0.1, 0.15) is 11.5 Å².